The number of hydrogen-bond acceptors (Lipinski definition) is 6. The highest BCUT2D eigenvalue weighted by atomic mass is 35.5. The fourth-order valence-electron chi connectivity index (χ4n) is 2.09. The molecule has 0 saturated heterocycles. The number of ether oxygens (including phenoxy) is 1. The third kappa shape index (κ3) is 5.45. The Labute approximate surface area is 164 Å². The van der Waals surface area contributed by atoms with E-state index < -0.39 is 5.82 Å². The first-order valence-corrected chi connectivity index (χ1v) is 9.26. The molecule has 3 aromatic rings. The van der Waals surface area contributed by atoms with Crippen LogP contribution in [-0.2, 0) is 11.4 Å². The molecule has 0 aliphatic carbocycles. The number of thioether (sulfide) groups is 1. The molecule has 1 N–H and O–H groups in total. The summed E-state index contributed by atoms with van der Waals surface area (Å²) in [5.41, 5.74) is 0.905. The zero-order valence-corrected chi connectivity index (χ0v) is 15.8. The fraction of sp³-hybridized carbons (Fsp3) is 0.167. The second kappa shape index (κ2) is 8.88. The maximum Gasteiger partial charge on any atom is 0.277 e. The molecule has 0 atom stereocenters. The number of amides is 1. The lowest BCUT2D eigenvalue weighted by atomic mass is 10.2. The van der Waals surface area contributed by atoms with Crippen molar-refractivity contribution in [3.8, 4) is 5.75 Å². The van der Waals surface area contributed by atoms with Crippen LogP contribution in [0.3, 0.4) is 0 Å². The summed E-state index contributed by atoms with van der Waals surface area (Å²) in [6, 6.07) is 11.6. The molecule has 0 bridgehead atoms. The smallest absolute Gasteiger partial charge is 0.277 e. The number of para-hydroxylation sites is 1. The van der Waals surface area contributed by atoms with Gasteiger partial charge in [-0.25, -0.2) is 4.39 Å². The Morgan fingerprint density at radius 1 is 1.30 bits per heavy atom. The minimum absolute atomic E-state index is 0.000318. The Morgan fingerprint density at radius 3 is 2.89 bits per heavy atom. The Balaban J connectivity index is 1.49. The number of anilines is 1. The number of aryl methyl sites for hydroxylation is 1. The normalized spacial score (nSPS) is 10.6. The van der Waals surface area contributed by atoms with Crippen molar-refractivity contribution in [1.29, 1.82) is 0 Å². The van der Waals surface area contributed by atoms with Crippen molar-refractivity contribution in [3.63, 3.8) is 0 Å². The molecule has 1 amide bonds. The average Bonchev–Trinajstić information content (AvgIpc) is 3.10. The Hall–Kier alpha value is -2.58. The number of carbonyl (C=O) groups is 1. The summed E-state index contributed by atoms with van der Waals surface area (Å²) in [4.78, 5) is 12.0. The first kappa shape index (κ1) is 19.2. The molecular weight excluding hydrogens is 393 g/mol. The van der Waals surface area contributed by atoms with Crippen molar-refractivity contribution in [2.75, 3.05) is 11.1 Å². The van der Waals surface area contributed by atoms with Gasteiger partial charge in [0.2, 0.25) is 5.91 Å². The number of hydrogen-bond donors (Lipinski definition) is 1. The van der Waals surface area contributed by atoms with Crippen LogP contribution in [0.25, 0.3) is 0 Å². The first-order chi connectivity index (χ1) is 13.0. The first-order valence-electron chi connectivity index (χ1n) is 7.90. The summed E-state index contributed by atoms with van der Waals surface area (Å²) in [5, 5.41) is 10.9. The van der Waals surface area contributed by atoms with Crippen LogP contribution >= 0.6 is 23.4 Å². The van der Waals surface area contributed by atoms with Gasteiger partial charge >= 0.3 is 0 Å². The molecule has 1 aromatic heterocycles. The molecule has 0 aliphatic rings. The highest BCUT2D eigenvalue weighted by Crippen LogP contribution is 2.24. The van der Waals surface area contributed by atoms with Gasteiger partial charge < -0.3 is 14.5 Å². The number of nitrogens with one attached hydrogen (secondary N) is 1. The SMILES string of the molecule is Cc1ccc(NC(=O)CSc2nnc(COc3ccccc3Cl)o2)c(F)c1. The summed E-state index contributed by atoms with van der Waals surface area (Å²) < 4.78 is 24.7. The van der Waals surface area contributed by atoms with Crippen molar-refractivity contribution in [3.05, 3.63) is 64.8 Å². The zero-order valence-electron chi connectivity index (χ0n) is 14.2. The highest BCUT2D eigenvalue weighted by Gasteiger charge is 2.12. The molecule has 3 rings (SSSR count). The topological polar surface area (TPSA) is 77.2 Å². The van der Waals surface area contributed by atoms with E-state index >= 15 is 0 Å². The van der Waals surface area contributed by atoms with Gasteiger partial charge in [0, 0.05) is 0 Å². The van der Waals surface area contributed by atoms with E-state index in [1.165, 1.54) is 12.1 Å². The molecule has 0 unspecified atom stereocenters. The molecule has 9 heteroatoms. The Bertz CT molecular complexity index is 951. The van der Waals surface area contributed by atoms with Crippen molar-refractivity contribution in [1.82, 2.24) is 10.2 Å². The van der Waals surface area contributed by atoms with Crippen LogP contribution in [-0.4, -0.2) is 21.9 Å². The van der Waals surface area contributed by atoms with Crippen LogP contribution < -0.4 is 10.1 Å². The van der Waals surface area contributed by atoms with Gasteiger partial charge in [-0.1, -0.05) is 41.6 Å². The van der Waals surface area contributed by atoms with Gasteiger partial charge in [-0.15, -0.1) is 10.2 Å². The van der Waals surface area contributed by atoms with E-state index in [-0.39, 0.29) is 35.1 Å². The maximum absolute atomic E-state index is 13.7. The number of aromatic nitrogens is 2. The zero-order chi connectivity index (χ0) is 19.2. The summed E-state index contributed by atoms with van der Waals surface area (Å²) >= 11 is 7.05. The minimum atomic E-state index is -0.481. The summed E-state index contributed by atoms with van der Waals surface area (Å²) in [6.07, 6.45) is 0. The van der Waals surface area contributed by atoms with Gasteiger partial charge in [-0.3, -0.25) is 4.79 Å². The van der Waals surface area contributed by atoms with E-state index in [0.29, 0.717) is 10.8 Å². The van der Waals surface area contributed by atoms with E-state index in [2.05, 4.69) is 15.5 Å². The molecule has 1 heterocycles. The van der Waals surface area contributed by atoms with Crippen molar-refractivity contribution >= 4 is 35.0 Å². The number of nitrogens with zero attached hydrogens (tertiary/aromatic N) is 2. The van der Waals surface area contributed by atoms with Gasteiger partial charge in [0.25, 0.3) is 11.1 Å². The number of rotatable bonds is 7. The van der Waals surface area contributed by atoms with E-state index in [9.17, 15) is 9.18 Å². The molecular formula is C18H15ClFN3O3S. The van der Waals surface area contributed by atoms with Gasteiger partial charge in [0.05, 0.1) is 16.5 Å². The van der Waals surface area contributed by atoms with Crippen LogP contribution in [0.4, 0.5) is 10.1 Å². The molecule has 2 aromatic carbocycles. The molecule has 0 fully saturated rings. The minimum Gasteiger partial charge on any atom is -0.482 e. The molecule has 0 spiro atoms. The van der Waals surface area contributed by atoms with Crippen LogP contribution in [0.1, 0.15) is 11.5 Å². The lowest BCUT2D eigenvalue weighted by Crippen LogP contribution is -2.15. The van der Waals surface area contributed by atoms with Crippen LogP contribution in [0.15, 0.2) is 52.1 Å². The summed E-state index contributed by atoms with van der Waals surface area (Å²) in [7, 11) is 0. The second-order valence-corrected chi connectivity index (χ2v) is 6.83. The standard InChI is InChI=1S/C18H15ClFN3O3S/c1-11-6-7-14(13(20)8-11)21-16(24)10-27-18-23-22-17(26-18)9-25-15-5-3-2-4-12(15)19/h2-8H,9-10H2,1H3,(H,21,24). The van der Waals surface area contributed by atoms with E-state index in [4.69, 9.17) is 20.8 Å². The maximum atomic E-state index is 13.7. The van der Waals surface area contributed by atoms with Crippen molar-refractivity contribution < 1.29 is 18.3 Å². The molecule has 27 heavy (non-hydrogen) atoms. The van der Waals surface area contributed by atoms with Crippen LogP contribution in [0.5, 0.6) is 5.75 Å². The van der Waals surface area contributed by atoms with Gasteiger partial charge in [-0.05, 0) is 36.8 Å². The Kier molecular flexibility index (Phi) is 6.31. The lowest BCUT2D eigenvalue weighted by Gasteiger charge is -2.06. The summed E-state index contributed by atoms with van der Waals surface area (Å²) in [6.45, 7) is 1.82. The average molecular weight is 408 g/mol. The van der Waals surface area contributed by atoms with Crippen molar-refractivity contribution in [2.24, 2.45) is 0 Å². The molecule has 0 aliphatic heterocycles. The number of halogens is 2. The summed E-state index contributed by atoms with van der Waals surface area (Å²) in [5.74, 6) is -0.103. The van der Waals surface area contributed by atoms with E-state index in [0.717, 1.165) is 17.3 Å². The van der Waals surface area contributed by atoms with Gasteiger partial charge in [-0.2, -0.15) is 0 Å². The fourth-order valence-corrected chi connectivity index (χ4v) is 2.86. The molecule has 0 saturated carbocycles. The third-order valence-corrected chi connectivity index (χ3v) is 4.49. The van der Waals surface area contributed by atoms with Gasteiger partial charge in [0.15, 0.2) is 6.61 Å². The largest absolute Gasteiger partial charge is 0.482 e. The molecule has 0 radical (unpaired) electrons. The quantitative estimate of drug-likeness (QED) is 0.582. The van der Waals surface area contributed by atoms with Crippen LogP contribution in [0.2, 0.25) is 5.02 Å². The van der Waals surface area contributed by atoms with Crippen molar-refractivity contribution in [2.45, 2.75) is 18.8 Å². The second-order valence-electron chi connectivity index (χ2n) is 5.50. The van der Waals surface area contributed by atoms with Gasteiger partial charge in [0.1, 0.15) is 11.6 Å². The predicted octanol–water partition coefficient (Wildman–Crippen LogP) is 4.48. The van der Waals surface area contributed by atoms with Crippen LogP contribution in [0, 0.1) is 12.7 Å². The molecule has 6 nitrogen and oxygen atoms in total. The number of benzene rings is 2. The molecule has 140 valence electrons. The lowest BCUT2D eigenvalue weighted by molar-refractivity contribution is -0.113. The van der Waals surface area contributed by atoms with E-state index in [1.54, 1.807) is 37.3 Å². The highest BCUT2D eigenvalue weighted by molar-refractivity contribution is 7.99. The monoisotopic (exact) mass is 407 g/mol. The Morgan fingerprint density at radius 2 is 2.11 bits per heavy atom. The predicted molar refractivity (Wildman–Crippen MR) is 101 cm³/mol. The number of carbonyl (C=O) groups excluding carboxylic acids is 1. The van der Waals surface area contributed by atoms with E-state index in [1.807, 2.05) is 0 Å². The third-order valence-electron chi connectivity index (χ3n) is 3.36.